The van der Waals surface area contributed by atoms with E-state index in [-0.39, 0.29) is 18.2 Å². The van der Waals surface area contributed by atoms with Crippen molar-refractivity contribution in [3.05, 3.63) is 58.3 Å². The molecule has 1 fully saturated rings. The van der Waals surface area contributed by atoms with Crippen LogP contribution in [0.5, 0.6) is 0 Å². The normalized spacial score (nSPS) is 17.8. The zero-order valence-electron chi connectivity index (χ0n) is 14.0. The standard InChI is InChI=1S/C18H22BrFN4.ClH/c19-17-4-1-5-18(20)16(17)12-24(11-14-9-22-13-23-10-14)15-3-2-7-21-8-6-15;/h1,4-5,9-10,13,15,21H,2-3,6-8,11-12H2;1H. The predicted octanol–water partition coefficient (Wildman–Crippen LogP) is 3.94. The topological polar surface area (TPSA) is 41.1 Å². The summed E-state index contributed by atoms with van der Waals surface area (Å²) in [7, 11) is 0. The highest BCUT2D eigenvalue weighted by atomic mass is 79.9. The van der Waals surface area contributed by atoms with Crippen molar-refractivity contribution in [2.45, 2.75) is 38.4 Å². The van der Waals surface area contributed by atoms with E-state index in [2.05, 4.69) is 36.1 Å². The van der Waals surface area contributed by atoms with Crippen molar-refractivity contribution < 1.29 is 4.39 Å². The highest BCUT2D eigenvalue weighted by Crippen LogP contribution is 2.25. The van der Waals surface area contributed by atoms with E-state index in [1.54, 1.807) is 6.07 Å². The van der Waals surface area contributed by atoms with E-state index in [1.807, 2.05) is 18.5 Å². The number of nitrogens with one attached hydrogen (secondary N) is 1. The van der Waals surface area contributed by atoms with E-state index in [0.29, 0.717) is 18.2 Å². The Balaban J connectivity index is 0.00000225. The minimum atomic E-state index is -0.162. The van der Waals surface area contributed by atoms with Crippen molar-refractivity contribution in [3.63, 3.8) is 0 Å². The molecule has 1 aliphatic heterocycles. The quantitative estimate of drug-likeness (QED) is 0.781. The van der Waals surface area contributed by atoms with Gasteiger partial charge in [-0.05, 0) is 44.5 Å². The number of benzene rings is 1. The number of halogens is 3. The van der Waals surface area contributed by atoms with Gasteiger partial charge in [0, 0.05) is 47.1 Å². The van der Waals surface area contributed by atoms with E-state index in [0.717, 1.165) is 48.9 Å². The van der Waals surface area contributed by atoms with Gasteiger partial charge in [0.25, 0.3) is 0 Å². The van der Waals surface area contributed by atoms with E-state index in [9.17, 15) is 4.39 Å². The molecule has 0 aliphatic carbocycles. The molecular formula is C18H23BrClFN4. The van der Waals surface area contributed by atoms with Crippen LogP contribution in [0.25, 0.3) is 0 Å². The number of aromatic nitrogens is 2. The summed E-state index contributed by atoms with van der Waals surface area (Å²) in [5.74, 6) is -0.162. The molecule has 7 heteroatoms. The minimum Gasteiger partial charge on any atom is -0.317 e. The molecule has 1 N–H and O–H groups in total. The summed E-state index contributed by atoms with van der Waals surface area (Å²) in [5.41, 5.74) is 1.77. The zero-order valence-corrected chi connectivity index (χ0v) is 16.4. The molecule has 1 aliphatic rings. The summed E-state index contributed by atoms with van der Waals surface area (Å²) in [5, 5.41) is 3.45. The van der Waals surface area contributed by atoms with E-state index in [1.165, 1.54) is 12.4 Å². The summed E-state index contributed by atoms with van der Waals surface area (Å²) < 4.78 is 15.1. The maximum atomic E-state index is 14.3. The molecule has 0 amide bonds. The molecular weight excluding hydrogens is 407 g/mol. The third-order valence-corrected chi connectivity index (χ3v) is 5.23. The average molecular weight is 430 g/mol. The summed E-state index contributed by atoms with van der Waals surface area (Å²) in [6.07, 6.45) is 8.55. The van der Waals surface area contributed by atoms with Crippen LogP contribution in [0, 0.1) is 5.82 Å². The maximum absolute atomic E-state index is 14.3. The third kappa shape index (κ3) is 5.71. The van der Waals surface area contributed by atoms with Crippen LogP contribution < -0.4 is 5.32 Å². The number of hydrogen-bond acceptors (Lipinski definition) is 4. The van der Waals surface area contributed by atoms with Crippen LogP contribution in [-0.2, 0) is 13.1 Å². The maximum Gasteiger partial charge on any atom is 0.128 e. The van der Waals surface area contributed by atoms with E-state index < -0.39 is 0 Å². The molecule has 0 spiro atoms. The molecule has 0 saturated carbocycles. The van der Waals surface area contributed by atoms with Gasteiger partial charge in [-0.3, -0.25) is 4.90 Å². The second kappa shape index (κ2) is 10.2. The molecule has 136 valence electrons. The number of rotatable bonds is 5. The first kappa shape index (κ1) is 20.2. The Labute approximate surface area is 162 Å². The first-order chi connectivity index (χ1) is 11.7. The SMILES string of the molecule is Cl.Fc1cccc(Br)c1CN(Cc1cncnc1)C1CCCNCC1. The summed E-state index contributed by atoms with van der Waals surface area (Å²) >= 11 is 3.50. The molecule has 0 radical (unpaired) electrons. The van der Waals surface area contributed by atoms with Crippen LogP contribution in [0.1, 0.15) is 30.4 Å². The molecule has 1 aromatic heterocycles. The first-order valence-electron chi connectivity index (χ1n) is 8.35. The van der Waals surface area contributed by atoms with Gasteiger partial charge in [0.15, 0.2) is 0 Å². The molecule has 1 saturated heterocycles. The molecule has 1 aromatic carbocycles. The Morgan fingerprint density at radius 3 is 2.72 bits per heavy atom. The monoisotopic (exact) mass is 428 g/mol. The fourth-order valence-electron chi connectivity index (χ4n) is 3.21. The smallest absolute Gasteiger partial charge is 0.128 e. The van der Waals surface area contributed by atoms with Gasteiger partial charge in [0.05, 0.1) is 0 Å². The van der Waals surface area contributed by atoms with Gasteiger partial charge in [0.2, 0.25) is 0 Å². The van der Waals surface area contributed by atoms with Gasteiger partial charge >= 0.3 is 0 Å². The van der Waals surface area contributed by atoms with E-state index >= 15 is 0 Å². The minimum absolute atomic E-state index is 0. The van der Waals surface area contributed by atoms with Gasteiger partial charge in [-0.1, -0.05) is 22.0 Å². The number of hydrogen-bond donors (Lipinski definition) is 1. The highest BCUT2D eigenvalue weighted by Gasteiger charge is 2.22. The van der Waals surface area contributed by atoms with Crippen LogP contribution in [0.15, 0.2) is 41.4 Å². The van der Waals surface area contributed by atoms with Crippen molar-refractivity contribution in [2.75, 3.05) is 13.1 Å². The molecule has 0 bridgehead atoms. The van der Waals surface area contributed by atoms with Crippen molar-refractivity contribution in [1.82, 2.24) is 20.2 Å². The van der Waals surface area contributed by atoms with Crippen molar-refractivity contribution in [2.24, 2.45) is 0 Å². The van der Waals surface area contributed by atoms with Gasteiger partial charge in [-0.2, -0.15) is 0 Å². The molecule has 4 nitrogen and oxygen atoms in total. The van der Waals surface area contributed by atoms with Crippen LogP contribution >= 0.6 is 28.3 Å². The van der Waals surface area contributed by atoms with Gasteiger partial charge in [-0.15, -0.1) is 12.4 Å². The van der Waals surface area contributed by atoms with Gasteiger partial charge in [0.1, 0.15) is 12.1 Å². The zero-order chi connectivity index (χ0) is 16.8. The Bertz CT molecular complexity index is 631. The lowest BCUT2D eigenvalue weighted by Crippen LogP contribution is -2.35. The van der Waals surface area contributed by atoms with Crippen LogP contribution in [-0.4, -0.2) is 34.0 Å². The lowest BCUT2D eigenvalue weighted by Gasteiger charge is -2.31. The first-order valence-corrected chi connectivity index (χ1v) is 9.15. The fraction of sp³-hybridized carbons (Fsp3) is 0.444. The summed E-state index contributed by atoms with van der Waals surface area (Å²) in [6, 6.07) is 5.58. The van der Waals surface area contributed by atoms with Crippen molar-refractivity contribution in [1.29, 1.82) is 0 Å². The van der Waals surface area contributed by atoms with Gasteiger partial charge < -0.3 is 5.32 Å². The lowest BCUT2D eigenvalue weighted by molar-refractivity contribution is 0.161. The Morgan fingerprint density at radius 2 is 1.96 bits per heavy atom. The van der Waals surface area contributed by atoms with Gasteiger partial charge in [-0.25, -0.2) is 14.4 Å². The summed E-state index contributed by atoms with van der Waals surface area (Å²) in [6.45, 7) is 3.37. The lowest BCUT2D eigenvalue weighted by atomic mass is 10.0. The fourth-order valence-corrected chi connectivity index (χ4v) is 3.68. The van der Waals surface area contributed by atoms with Crippen molar-refractivity contribution >= 4 is 28.3 Å². The van der Waals surface area contributed by atoms with Crippen molar-refractivity contribution in [3.8, 4) is 0 Å². The number of nitrogens with zero attached hydrogens (tertiary/aromatic N) is 3. The third-order valence-electron chi connectivity index (χ3n) is 4.48. The predicted molar refractivity (Wildman–Crippen MR) is 103 cm³/mol. The largest absolute Gasteiger partial charge is 0.317 e. The molecule has 1 unspecified atom stereocenters. The van der Waals surface area contributed by atoms with Crippen LogP contribution in [0.4, 0.5) is 4.39 Å². The van der Waals surface area contributed by atoms with Crippen LogP contribution in [0.2, 0.25) is 0 Å². The second-order valence-corrected chi connectivity index (χ2v) is 7.04. The molecule has 3 rings (SSSR count). The Kier molecular flexibility index (Phi) is 8.22. The Hall–Kier alpha value is -1.08. The van der Waals surface area contributed by atoms with E-state index in [4.69, 9.17) is 0 Å². The molecule has 2 aromatic rings. The average Bonchev–Trinajstić information content (AvgIpc) is 2.87. The molecule has 25 heavy (non-hydrogen) atoms. The summed E-state index contributed by atoms with van der Waals surface area (Å²) in [4.78, 5) is 10.6. The second-order valence-electron chi connectivity index (χ2n) is 6.19. The Morgan fingerprint density at radius 1 is 1.16 bits per heavy atom. The molecule has 1 atom stereocenters. The van der Waals surface area contributed by atoms with Crippen LogP contribution in [0.3, 0.4) is 0 Å². The molecule has 2 heterocycles. The highest BCUT2D eigenvalue weighted by molar-refractivity contribution is 9.10.